The number of rotatable bonds is 6. The van der Waals surface area contributed by atoms with Crippen molar-refractivity contribution < 1.29 is 4.79 Å². The molecule has 1 aromatic carbocycles. The van der Waals surface area contributed by atoms with Crippen molar-refractivity contribution in [2.45, 2.75) is 44.1 Å². The molecule has 1 atom stereocenters. The highest BCUT2D eigenvalue weighted by Gasteiger charge is 2.28. The molecule has 6 heteroatoms. The normalized spacial score (nSPS) is 19.7. The molecule has 1 saturated carbocycles. The number of carbonyl (C=O) groups excluding carboxylic acids is 1. The number of aromatic nitrogens is 2. The van der Waals surface area contributed by atoms with Crippen LogP contribution >= 0.6 is 0 Å². The van der Waals surface area contributed by atoms with Gasteiger partial charge in [-0.1, -0.05) is 49.6 Å². The molecule has 0 spiro atoms. The Morgan fingerprint density at radius 3 is 2.34 bits per heavy atom. The van der Waals surface area contributed by atoms with Crippen molar-refractivity contribution in [1.82, 2.24) is 20.2 Å². The molecule has 1 aliphatic carbocycles. The van der Waals surface area contributed by atoms with Crippen LogP contribution in [-0.2, 0) is 4.79 Å². The van der Waals surface area contributed by atoms with Crippen LogP contribution in [0.2, 0.25) is 0 Å². The fourth-order valence-corrected chi connectivity index (χ4v) is 4.42. The molecule has 2 aliphatic rings. The number of nitrogens with one attached hydrogen (secondary N) is 1. The Bertz CT molecular complexity index is 755. The summed E-state index contributed by atoms with van der Waals surface area (Å²) in [6.45, 7) is 4.36. The van der Waals surface area contributed by atoms with E-state index in [2.05, 4.69) is 37.2 Å². The molecule has 154 valence electrons. The Hall–Kier alpha value is -2.47. The van der Waals surface area contributed by atoms with E-state index in [-0.39, 0.29) is 11.8 Å². The van der Waals surface area contributed by atoms with Crippen molar-refractivity contribution in [3.63, 3.8) is 0 Å². The highest BCUT2D eigenvalue weighted by atomic mass is 16.2. The number of benzene rings is 1. The average molecular weight is 394 g/mol. The minimum Gasteiger partial charge on any atom is -0.353 e. The molecule has 1 N–H and O–H groups in total. The highest BCUT2D eigenvalue weighted by Crippen LogP contribution is 2.22. The number of carbonyl (C=O) groups is 1. The lowest BCUT2D eigenvalue weighted by Gasteiger charge is -2.36. The molecule has 1 aliphatic heterocycles. The van der Waals surface area contributed by atoms with Gasteiger partial charge in [-0.3, -0.25) is 9.69 Å². The number of anilines is 1. The molecular weight excluding hydrogens is 362 g/mol. The first-order valence-electron chi connectivity index (χ1n) is 10.9. The monoisotopic (exact) mass is 393 g/mol. The first-order chi connectivity index (χ1) is 14.3. The van der Waals surface area contributed by atoms with E-state index in [9.17, 15) is 4.79 Å². The minimum absolute atomic E-state index is 0.127. The second-order valence-corrected chi connectivity index (χ2v) is 8.14. The van der Waals surface area contributed by atoms with Gasteiger partial charge in [0, 0.05) is 51.2 Å². The maximum Gasteiger partial charge on any atom is 0.229 e. The van der Waals surface area contributed by atoms with E-state index in [1.54, 1.807) is 12.4 Å². The predicted molar refractivity (Wildman–Crippen MR) is 115 cm³/mol. The van der Waals surface area contributed by atoms with Gasteiger partial charge in [-0.15, -0.1) is 0 Å². The molecule has 29 heavy (non-hydrogen) atoms. The first-order valence-corrected chi connectivity index (χ1v) is 10.9. The van der Waals surface area contributed by atoms with Gasteiger partial charge in [-0.25, -0.2) is 9.97 Å². The van der Waals surface area contributed by atoms with Crippen molar-refractivity contribution in [2.24, 2.45) is 0 Å². The maximum absolute atomic E-state index is 13.2. The summed E-state index contributed by atoms with van der Waals surface area (Å²) in [5, 5.41) is 3.35. The zero-order valence-corrected chi connectivity index (χ0v) is 17.0. The molecule has 0 bridgehead atoms. The van der Waals surface area contributed by atoms with E-state index in [4.69, 9.17) is 0 Å². The zero-order valence-electron chi connectivity index (χ0n) is 17.0. The van der Waals surface area contributed by atoms with Crippen LogP contribution in [0.25, 0.3) is 0 Å². The summed E-state index contributed by atoms with van der Waals surface area (Å²) in [7, 11) is 0. The highest BCUT2D eigenvalue weighted by molar-refractivity contribution is 5.84. The van der Waals surface area contributed by atoms with Gasteiger partial charge in [0.25, 0.3) is 0 Å². The average Bonchev–Trinajstić information content (AvgIpc) is 2.80. The molecule has 2 heterocycles. The molecule has 1 unspecified atom stereocenters. The lowest BCUT2D eigenvalue weighted by Crippen LogP contribution is -2.50. The Morgan fingerprint density at radius 1 is 0.966 bits per heavy atom. The lowest BCUT2D eigenvalue weighted by molar-refractivity contribution is -0.124. The minimum atomic E-state index is -0.127. The summed E-state index contributed by atoms with van der Waals surface area (Å²) in [4.78, 5) is 26.5. The number of nitrogens with zero attached hydrogens (tertiary/aromatic N) is 4. The van der Waals surface area contributed by atoms with Crippen LogP contribution in [0.3, 0.4) is 0 Å². The summed E-state index contributed by atoms with van der Waals surface area (Å²) in [5.74, 6) is 0.844. The third-order valence-electron chi connectivity index (χ3n) is 6.12. The van der Waals surface area contributed by atoms with Crippen LogP contribution in [0.1, 0.15) is 43.6 Å². The molecule has 1 aromatic heterocycles. The van der Waals surface area contributed by atoms with Gasteiger partial charge >= 0.3 is 0 Å². The second kappa shape index (κ2) is 9.83. The van der Waals surface area contributed by atoms with E-state index < -0.39 is 0 Å². The van der Waals surface area contributed by atoms with Crippen molar-refractivity contribution in [3.8, 4) is 0 Å². The van der Waals surface area contributed by atoms with E-state index in [1.807, 2.05) is 24.3 Å². The molecular formula is C23H31N5O. The van der Waals surface area contributed by atoms with Crippen LogP contribution in [0.4, 0.5) is 5.95 Å². The van der Waals surface area contributed by atoms with Crippen LogP contribution < -0.4 is 10.2 Å². The first kappa shape index (κ1) is 19.8. The third-order valence-corrected chi connectivity index (χ3v) is 6.12. The third kappa shape index (κ3) is 5.32. The molecule has 1 saturated heterocycles. The van der Waals surface area contributed by atoms with Gasteiger partial charge in [0.05, 0.1) is 5.92 Å². The Kier molecular flexibility index (Phi) is 6.72. The van der Waals surface area contributed by atoms with Crippen molar-refractivity contribution >= 4 is 11.9 Å². The van der Waals surface area contributed by atoms with Crippen LogP contribution in [0, 0.1) is 0 Å². The van der Waals surface area contributed by atoms with E-state index in [1.165, 1.54) is 19.3 Å². The summed E-state index contributed by atoms with van der Waals surface area (Å²) in [6.07, 6.45) is 9.55. The molecule has 2 aromatic rings. The summed E-state index contributed by atoms with van der Waals surface area (Å²) < 4.78 is 0. The maximum atomic E-state index is 13.2. The Morgan fingerprint density at radius 2 is 1.66 bits per heavy atom. The fraction of sp³-hybridized carbons (Fsp3) is 0.522. The molecule has 1 amide bonds. The van der Waals surface area contributed by atoms with Gasteiger partial charge in [-0.05, 0) is 24.5 Å². The topological polar surface area (TPSA) is 61.4 Å². The largest absolute Gasteiger partial charge is 0.353 e. The second-order valence-electron chi connectivity index (χ2n) is 8.14. The van der Waals surface area contributed by atoms with Gasteiger partial charge in [0.1, 0.15) is 0 Å². The van der Waals surface area contributed by atoms with Gasteiger partial charge in [-0.2, -0.15) is 0 Å². The number of hydrogen-bond acceptors (Lipinski definition) is 5. The van der Waals surface area contributed by atoms with Crippen LogP contribution in [-0.4, -0.2) is 59.5 Å². The summed E-state index contributed by atoms with van der Waals surface area (Å²) in [5.41, 5.74) is 1.11. The Balaban J connectivity index is 1.39. The van der Waals surface area contributed by atoms with Crippen molar-refractivity contribution in [1.29, 1.82) is 0 Å². The van der Waals surface area contributed by atoms with Crippen molar-refractivity contribution in [3.05, 3.63) is 54.4 Å². The predicted octanol–water partition coefficient (Wildman–Crippen LogP) is 2.83. The molecule has 4 rings (SSSR count). The van der Waals surface area contributed by atoms with Crippen molar-refractivity contribution in [2.75, 3.05) is 37.6 Å². The summed E-state index contributed by atoms with van der Waals surface area (Å²) >= 11 is 0. The summed E-state index contributed by atoms with van der Waals surface area (Å²) in [6, 6.07) is 12.4. The van der Waals surface area contributed by atoms with Gasteiger partial charge in [0.15, 0.2) is 0 Å². The number of piperazine rings is 1. The van der Waals surface area contributed by atoms with E-state index >= 15 is 0 Å². The van der Waals surface area contributed by atoms with Gasteiger partial charge in [0.2, 0.25) is 11.9 Å². The van der Waals surface area contributed by atoms with Crippen LogP contribution in [0.15, 0.2) is 48.8 Å². The number of hydrogen-bond donors (Lipinski definition) is 1. The van der Waals surface area contributed by atoms with Crippen LogP contribution in [0.5, 0.6) is 0 Å². The zero-order chi connectivity index (χ0) is 19.9. The number of amides is 1. The molecule has 0 radical (unpaired) electrons. The molecule has 6 nitrogen and oxygen atoms in total. The quantitative estimate of drug-likeness (QED) is 0.818. The van der Waals surface area contributed by atoms with E-state index in [0.29, 0.717) is 6.04 Å². The lowest BCUT2D eigenvalue weighted by atomic mass is 9.93. The standard InChI is InChI=1S/C23H31N5O/c29-22(26-20-10-5-2-6-11-20)21(19-8-3-1-4-9-19)18-27-14-16-28(17-15-27)23-24-12-7-13-25-23/h1,3-4,7-9,12-13,20-21H,2,5-6,10-11,14-18H2,(H,26,29). The molecule has 2 fully saturated rings. The van der Waals surface area contributed by atoms with E-state index in [0.717, 1.165) is 57.1 Å². The smallest absolute Gasteiger partial charge is 0.229 e. The Labute approximate surface area is 173 Å². The SMILES string of the molecule is O=C(NC1CCCCC1)C(CN1CCN(c2ncccn2)CC1)c1ccccc1. The van der Waals surface area contributed by atoms with Gasteiger partial charge < -0.3 is 10.2 Å². The fourth-order valence-electron chi connectivity index (χ4n) is 4.42.